The number of hydrogen-bond acceptors (Lipinski definition) is 1. The number of ketones is 1. The molecule has 0 saturated heterocycles. The van der Waals surface area contributed by atoms with Gasteiger partial charge in [0.2, 0.25) is 0 Å². The second-order valence-electron chi connectivity index (χ2n) is 2.79. The topological polar surface area (TPSA) is 17.1 Å². The fourth-order valence-corrected chi connectivity index (χ4v) is 0.538. The van der Waals surface area contributed by atoms with E-state index in [2.05, 4.69) is 6.58 Å². The third-order valence-corrected chi connectivity index (χ3v) is 1.26. The third-order valence-electron chi connectivity index (χ3n) is 1.26. The van der Waals surface area contributed by atoms with Gasteiger partial charge in [0.25, 0.3) is 0 Å². The summed E-state index contributed by atoms with van der Waals surface area (Å²) in [5.74, 6) is -0.723. The van der Waals surface area contributed by atoms with Crippen LogP contribution in [0.2, 0.25) is 0 Å². The Balaban J connectivity index is 4.08. The molecule has 2 heteroatoms. The standard InChI is InChI=1S/C8H13FO/c1-5(2)7(9)8(10)6(3)4/h5,7H,3H2,1-2,4H3. The largest absolute Gasteiger partial charge is 0.291 e. The van der Waals surface area contributed by atoms with Gasteiger partial charge in [-0.1, -0.05) is 20.4 Å². The quantitative estimate of drug-likeness (QED) is 0.554. The van der Waals surface area contributed by atoms with Gasteiger partial charge in [-0.15, -0.1) is 0 Å². The van der Waals surface area contributed by atoms with Crippen molar-refractivity contribution >= 4 is 5.78 Å². The van der Waals surface area contributed by atoms with Crippen LogP contribution in [0, 0.1) is 5.92 Å². The van der Waals surface area contributed by atoms with Crippen LogP contribution in [0.1, 0.15) is 20.8 Å². The molecule has 0 rings (SSSR count). The van der Waals surface area contributed by atoms with Crippen molar-refractivity contribution in [2.24, 2.45) is 5.92 Å². The summed E-state index contributed by atoms with van der Waals surface area (Å²) in [4.78, 5) is 10.8. The van der Waals surface area contributed by atoms with Crippen LogP contribution in [0.25, 0.3) is 0 Å². The predicted octanol–water partition coefficient (Wildman–Crippen LogP) is 2.13. The number of allylic oxidation sites excluding steroid dienone is 1. The van der Waals surface area contributed by atoms with Crippen molar-refractivity contribution in [1.29, 1.82) is 0 Å². The molecule has 0 aliphatic rings. The minimum Gasteiger partial charge on any atom is -0.291 e. The van der Waals surface area contributed by atoms with E-state index in [4.69, 9.17) is 0 Å². The Kier molecular flexibility index (Phi) is 3.26. The van der Waals surface area contributed by atoms with E-state index in [1.165, 1.54) is 6.92 Å². The number of rotatable bonds is 3. The van der Waals surface area contributed by atoms with Crippen molar-refractivity contribution in [2.75, 3.05) is 0 Å². The Morgan fingerprint density at radius 1 is 1.50 bits per heavy atom. The zero-order valence-electron chi connectivity index (χ0n) is 6.65. The average molecular weight is 144 g/mol. The zero-order chi connectivity index (χ0) is 8.31. The lowest BCUT2D eigenvalue weighted by Crippen LogP contribution is -2.21. The lowest BCUT2D eigenvalue weighted by atomic mass is 10.0. The van der Waals surface area contributed by atoms with E-state index in [0.717, 1.165) is 0 Å². The molecule has 0 saturated carbocycles. The van der Waals surface area contributed by atoms with Gasteiger partial charge in [-0.25, -0.2) is 4.39 Å². The molecule has 10 heavy (non-hydrogen) atoms. The highest BCUT2D eigenvalue weighted by molar-refractivity contribution is 5.97. The van der Waals surface area contributed by atoms with Crippen molar-refractivity contribution in [2.45, 2.75) is 26.9 Å². The first kappa shape index (κ1) is 9.34. The van der Waals surface area contributed by atoms with E-state index in [0.29, 0.717) is 5.57 Å². The first-order valence-corrected chi connectivity index (χ1v) is 3.30. The molecule has 0 fully saturated rings. The zero-order valence-corrected chi connectivity index (χ0v) is 6.65. The summed E-state index contributed by atoms with van der Waals surface area (Å²) in [6.07, 6.45) is -1.38. The van der Waals surface area contributed by atoms with Gasteiger partial charge in [-0.3, -0.25) is 4.79 Å². The average Bonchev–Trinajstić information content (AvgIpc) is 1.84. The molecule has 1 nitrogen and oxygen atoms in total. The maximum atomic E-state index is 12.8. The van der Waals surface area contributed by atoms with Crippen LogP contribution >= 0.6 is 0 Å². The molecule has 0 radical (unpaired) electrons. The maximum absolute atomic E-state index is 12.8. The van der Waals surface area contributed by atoms with Crippen LogP contribution in [0.15, 0.2) is 12.2 Å². The lowest BCUT2D eigenvalue weighted by molar-refractivity contribution is -0.121. The van der Waals surface area contributed by atoms with Gasteiger partial charge in [0.15, 0.2) is 12.0 Å². The molecular formula is C8H13FO. The monoisotopic (exact) mass is 144 g/mol. The first-order valence-electron chi connectivity index (χ1n) is 3.30. The number of carbonyl (C=O) groups is 1. The highest BCUT2D eigenvalue weighted by Crippen LogP contribution is 2.10. The van der Waals surface area contributed by atoms with E-state index in [1.807, 2.05) is 0 Å². The fraction of sp³-hybridized carbons (Fsp3) is 0.625. The highest BCUT2D eigenvalue weighted by atomic mass is 19.1. The molecule has 0 aliphatic heterocycles. The van der Waals surface area contributed by atoms with Crippen LogP contribution in [-0.2, 0) is 4.79 Å². The van der Waals surface area contributed by atoms with E-state index >= 15 is 0 Å². The second-order valence-corrected chi connectivity index (χ2v) is 2.79. The van der Waals surface area contributed by atoms with E-state index in [1.54, 1.807) is 13.8 Å². The molecule has 0 aromatic heterocycles. The summed E-state index contributed by atoms with van der Waals surface area (Å²) in [6, 6.07) is 0. The summed E-state index contributed by atoms with van der Waals surface area (Å²) in [5, 5.41) is 0. The molecule has 0 spiro atoms. The SMILES string of the molecule is C=C(C)C(=O)C(F)C(C)C. The first-order chi connectivity index (χ1) is 4.46. The van der Waals surface area contributed by atoms with Crippen molar-refractivity contribution in [3.05, 3.63) is 12.2 Å². The van der Waals surface area contributed by atoms with Crippen LogP contribution in [0.3, 0.4) is 0 Å². The number of halogens is 1. The number of hydrogen-bond donors (Lipinski definition) is 0. The Morgan fingerprint density at radius 3 is 2.00 bits per heavy atom. The Hall–Kier alpha value is -0.660. The summed E-state index contributed by atoms with van der Waals surface area (Å²) in [6.45, 7) is 8.24. The molecule has 1 atom stereocenters. The van der Waals surface area contributed by atoms with E-state index in [9.17, 15) is 9.18 Å². The van der Waals surface area contributed by atoms with Crippen LogP contribution in [0.4, 0.5) is 4.39 Å². The summed E-state index contributed by atoms with van der Waals surface area (Å²) < 4.78 is 12.8. The summed E-state index contributed by atoms with van der Waals surface area (Å²) in [5.41, 5.74) is 0.293. The molecule has 0 heterocycles. The van der Waals surface area contributed by atoms with Crippen molar-refractivity contribution in [1.82, 2.24) is 0 Å². The van der Waals surface area contributed by atoms with Crippen LogP contribution < -0.4 is 0 Å². The van der Waals surface area contributed by atoms with Gasteiger partial charge in [0.1, 0.15) is 0 Å². The van der Waals surface area contributed by atoms with Gasteiger partial charge in [-0.05, 0) is 18.4 Å². The van der Waals surface area contributed by atoms with E-state index < -0.39 is 12.0 Å². The highest BCUT2D eigenvalue weighted by Gasteiger charge is 2.20. The molecule has 0 amide bonds. The number of carbonyl (C=O) groups excluding carboxylic acids is 1. The van der Waals surface area contributed by atoms with Gasteiger partial charge in [0.05, 0.1) is 0 Å². The fourth-order valence-electron chi connectivity index (χ4n) is 0.538. The van der Waals surface area contributed by atoms with E-state index in [-0.39, 0.29) is 5.92 Å². The van der Waals surface area contributed by atoms with Gasteiger partial charge in [-0.2, -0.15) is 0 Å². The molecule has 0 aliphatic carbocycles. The normalized spacial score (nSPS) is 13.3. The molecule has 0 aromatic carbocycles. The van der Waals surface area contributed by atoms with Gasteiger partial charge in [0, 0.05) is 0 Å². The summed E-state index contributed by atoms with van der Waals surface area (Å²) >= 11 is 0. The summed E-state index contributed by atoms with van der Waals surface area (Å²) in [7, 11) is 0. The number of Topliss-reactive ketones (excluding diaryl/α,β-unsaturated/α-hetero) is 1. The molecular weight excluding hydrogens is 131 g/mol. The maximum Gasteiger partial charge on any atom is 0.192 e. The molecule has 1 unspecified atom stereocenters. The Morgan fingerprint density at radius 2 is 1.90 bits per heavy atom. The van der Waals surface area contributed by atoms with Gasteiger partial charge < -0.3 is 0 Å². The predicted molar refractivity (Wildman–Crippen MR) is 39.6 cm³/mol. The minimum absolute atomic E-state index is 0.246. The minimum atomic E-state index is -1.38. The van der Waals surface area contributed by atoms with Crippen molar-refractivity contribution in [3.63, 3.8) is 0 Å². The molecule has 58 valence electrons. The van der Waals surface area contributed by atoms with Gasteiger partial charge >= 0.3 is 0 Å². The van der Waals surface area contributed by atoms with Crippen LogP contribution in [-0.4, -0.2) is 12.0 Å². The third kappa shape index (κ3) is 2.29. The lowest BCUT2D eigenvalue weighted by Gasteiger charge is -2.09. The Labute approximate surface area is 60.9 Å². The molecule has 0 bridgehead atoms. The van der Waals surface area contributed by atoms with Crippen molar-refractivity contribution in [3.8, 4) is 0 Å². The van der Waals surface area contributed by atoms with Crippen LogP contribution in [0.5, 0.6) is 0 Å². The molecule has 0 aromatic rings. The molecule has 0 N–H and O–H groups in total. The van der Waals surface area contributed by atoms with Crippen molar-refractivity contribution < 1.29 is 9.18 Å². The number of alkyl halides is 1. The Bertz CT molecular complexity index is 149. The second kappa shape index (κ2) is 3.49. The smallest absolute Gasteiger partial charge is 0.192 e.